The molecule has 1 aromatic rings. The summed E-state index contributed by atoms with van der Waals surface area (Å²) in [6, 6.07) is 3.58. The Kier molecular flexibility index (Phi) is 4.11. The van der Waals surface area contributed by atoms with Crippen LogP contribution in [-0.2, 0) is 11.2 Å². The number of hydrogen-bond donors (Lipinski definition) is 2. The number of likely N-dealkylation sites (N-methyl/N-ethyl adjacent to an activating group) is 1. The smallest absolute Gasteiger partial charge is 0.257 e. The van der Waals surface area contributed by atoms with Gasteiger partial charge < -0.3 is 25.3 Å². The first kappa shape index (κ1) is 13.5. The fourth-order valence-corrected chi connectivity index (χ4v) is 1.82. The van der Waals surface area contributed by atoms with Crippen LogP contribution in [0.15, 0.2) is 12.1 Å². The van der Waals surface area contributed by atoms with E-state index in [0.29, 0.717) is 23.7 Å². The molecule has 0 bridgehead atoms. The monoisotopic (exact) mass is 266 g/mol. The molecule has 2 rings (SSSR count). The Morgan fingerprint density at radius 3 is 2.79 bits per heavy atom. The first-order valence-corrected chi connectivity index (χ1v) is 6.11. The van der Waals surface area contributed by atoms with Crippen LogP contribution in [0.4, 0.5) is 0 Å². The predicted octanol–water partition coefficient (Wildman–Crippen LogP) is 0.430. The Bertz CT molecular complexity index is 474. The molecular weight excluding hydrogens is 248 g/mol. The van der Waals surface area contributed by atoms with E-state index in [1.807, 2.05) is 13.0 Å². The van der Waals surface area contributed by atoms with Gasteiger partial charge in [0.1, 0.15) is 5.75 Å². The van der Waals surface area contributed by atoms with Crippen molar-refractivity contribution in [1.29, 1.82) is 0 Å². The van der Waals surface area contributed by atoms with Crippen LogP contribution in [0, 0.1) is 0 Å². The fourth-order valence-electron chi connectivity index (χ4n) is 1.82. The third-order valence-corrected chi connectivity index (χ3v) is 2.74. The third-order valence-electron chi connectivity index (χ3n) is 2.74. The lowest BCUT2D eigenvalue weighted by Crippen LogP contribution is -2.25. The quantitative estimate of drug-likeness (QED) is 0.807. The lowest BCUT2D eigenvalue weighted by Gasteiger charge is -2.13. The standard InChI is InChI=1S/C13H18N2O4/c1-8(14)3-9-4-11-12(19-7-18-11)5-10(9)17-6-13(16)15-2/h4-5,8H,3,6-7,14H2,1-2H3,(H,15,16). The summed E-state index contributed by atoms with van der Waals surface area (Å²) in [7, 11) is 1.56. The number of rotatable bonds is 5. The number of carbonyl (C=O) groups is 1. The Hall–Kier alpha value is -1.95. The molecule has 0 radical (unpaired) electrons. The van der Waals surface area contributed by atoms with Crippen LogP contribution in [0.1, 0.15) is 12.5 Å². The number of ether oxygens (including phenoxy) is 3. The molecule has 1 aliphatic rings. The number of benzene rings is 1. The highest BCUT2D eigenvalue weighted by Crippen LogP contribution is 2.38. The molecule has 0 saturated carbocycles. The van der Waals surface area contributed by atoms with Gasteiger partial charge in [0.2, 0.25) is 6.79 Å². The maximum absolute atomic E-state index is 11.2. The van der Waals surface area contributed by atoms with E-state index in [2.05, 4.69) is 5.32 Å². The van der Waals surface area contributed by atoms with Crippen LogP contribution in [-0.4, -0.2) is 32.4 Å². The third kappa shape index (κ3) is 3.29. The van der Waals surface area contributed by atoms with Gasteiger partial charge in [0, 0.05) is 19.2 Å². The molecule has 6 heteroatoms. The van der Waals surface area contributed by atoms with Gasteiger partial charge in [-0.3, -0.25) is 4.79 Å². The van der Waals surface area contributed by atoms with Crippen molar-refractivity contribution in [3.63, 3.8) is 0 Å². The topological polar surface area (TPSA) is 82.8 Å². The van der Waals surface area contributed by atoms with Crippen molar-refractivity contribution in [3.05, 3.63) is 17.7 Å². The molecule has 104 valence electrons. The molecule has 1 amide bonds. The van der Waals surface area contributed by atoms with Gasteiger partial charge in [-0.15, -0.1) is 0 Å². The van der Waals surface area contributed by atoms with E-state index in [0.717, 1.165) is 5.56 Å². The van der Waals surface area contributed by atoms with Gasteiger partial charge in [0.25, 0.3) is 5.91 Å². The minimum Gasteiger partial charge on any atom is -0.483 e. The van der Waals surface area contributed by atoms with Crippen molar-refractivity contribution in [3.8, 4) is 17.2 Å². The number of nitrogens with two attached hydrogens (primary N) is 1. The molecule has 1 heterocycles. The van der Waals surface area contributed by atoms with Crippen molar-refractivity contribution >= 4 is 5.91 Å². The summed E-state index contributed by atoms with van der Waals surface area (Å²) in [5, 5.41) is 2.50. The molecule has 0 spiro atoms. The SMILES string of the molecule is CNC(=O)COc1cc2c(cc1CC(C)N)OCO2. The van der Waals surface area contributed by atoms with Gasteiger partial charge in [-0.1, -0.05) is 0 Å². The summed E-state index contributed by atoms with van der Waals surface area (Å²) < 4.78 is 16.1. The molecule has 6 nitrogen and oxygen atoms in total. The summed E-state index contributed by atoms with van der Waals surface area (Å²) in [6.07, 6.45) is 0.639. The van der Waals surface area contributed by atoms with E-state index in [1.54, 1.807) is 13.1 Å². The summed E-state index contributed by atoms with van der Waals surface area (Å²) in [4.78, 5) is 11.2. The fraction of sp³-hybridized carbons (Fsp3) is 0.462. The molecule has 1 atom stereocenters. The lowest BCUT2D eigenvalue weighted by atomic mass is 10.1. The summed E-state index contributed by atoms with van der Waals surface area (Å²) >= 11 is 0. The highest BCUT2D eigenvalue weighted by atomic mass is 16.7. The summed E-state index contributed by atoms with van der Waals surface area (Å²) in [6.45, 7) is 2.07. The predicted molar refractivity (Wildman–Crippen MR) is 69.5 cm³/mol. The number of amides is 1. The number of hydrogen-bond acceptors (Lipinski definition) is 5. The van der Waals surface area contributed by atoms with Gasteiger partial charge in [-0.25, -0.2) is 0 Å². The Morgan fingerprint density at radius 1 is 1.47 bits per heavy atom. The van der Waals surface area contributed by atoms with Gasteiger partial charge in [0.15, 0.2) is 18.1 Å². The Balaban J connectivity index is 2.20. The van der Waals surface area contributed by atoms with E-state index >= 15 is 0 Å². The molecule has 1 aliphatic heterocycles. The van der Waals surface area contributed by atoms with E-state index < -0.39 is 0 Å². The molecule has 1 aromatic carbocycles. The minimum atomic E-state index is -0.190. The maximum atomic E-state index is 11.2. The van der Waals surface area contributed by atoms with Crippen molar-refractivity contribution < 1.29 is 19.0 Å². The van der Waals surface area contributed by atoms with Gasteiger partial charge >= 0.3 is 0 Å². The summed E-state index contributed by atoms with van der Waals surface area (Å²) in [5.74, 6) is 1.72. The lowest BCUT2D eigenvalue weighted by molar-refractivity contribution is -0.122. The van der Waals surface area contributed by atoms with Crippen LogP contribution in [0.3, 0.4) is 0 Å². The van der Waals surface area contributed by atoms with Crippen molar-refractivity contribution in [1.82, 2.24) is 5.32 Å². The highest BCUT2D eigenvalue weighted by Gasteiger charge is 2.19. The van der Waals surface area contributed by atoms with Crippen LogP contribution in [0.25, 0.3) is 0 Å². The Morgan fingerprint density at radius 2 is 2.16 bits per heavy atom. The normalized spacial score (nSPS) is 14.1. The van der Waals surface area contributed by atoms with Gasteiger partial charge in [-0.2, -0.15) is 0 Å². The minimum absolute atomic E-state index is 0.0114. The molecule has 3 N–H and O–H groups in total. The molecule has 0 aliphatic carbocycles. The molecule has 0 fully saturated rings. The average Bonchev–Trinajstić information content (AvgIpc) is 2.81. The molecular formula is C13H18N2O4. The molecule has 0 saturated heterocycles. The molecule has 19 heavy (non-hydrogen) atoms. The summed E-state index contributed by atoms with van der Waals surface area (Å²) in [5.41, 5.74) is 6.72. The van der Waals surface area contributed by atoms with Crippen molar-refractivity contribution in [2.75, 3.05) is 20.4 Å². The zero-order chi connectivity index (χ0) is 13.8. The number of carbonyl (C=O) groups excluding carboxylic acids is 1. The molecule has 0 aromatic heterocycles. The second-order valence-corrected chi connectivity index (χ2v) is 4.46. The second-order valence-electron chi connectivity index (χ2n) is 4.46. The number of fused-ring (bicyclic) bond motifs is 1. The van der Waals surface area contributed by atoms with E-state index in [-0.39, 0.29) is 25.3 Å². The van der Waals surface area contributed by atoms with E-state index in [9.17, 15) is 4.79 Å². The van der Waals surface area contributed by atoms with Crippen LogP contribution < -0.4 is 25.3 Å². The van der Waals surface area contributed by atoms with Crippen LogP contribution in [0.5, 0.6) is 17.2 Å². The first-order valence-electron chi connectivity index (χ1n) is 6.11. The van der Waals surface area contributed by atoms with Crippen molar-refractivity contribution in [2.45, 2.75) is 19.4 Å². The van der Waals surface area contributed by atoms with E-state index in [1.165, 1.54) is 0 Å². The maximum Gasteiger partial charge on any atom is 0.257 e. The Labute approximate surface area is 111 Å². The van der Waals surface area contributed by atoms with Crippen LogP contribution in [0.2, 0.25) is 0 Å². The van der Waals surface area contributed by atoms with Gasteiger partial charge in [0.05, 0.1) is 0 Å². The van der Waals surface area contributed by atoms with Gasteiger partial charge in [-0.05, 0) is 25.0 Å². The number of nitrogens with one attached hydrogen (secondary N) is 1. The highest BCUT2D eigenvalue weighted by molar-refractivity contribution is 5.77. The average molecular weight is 266 g/mol. The first-order chi connectivity index (χ1) is 9.10. The van der Waals surface area contributed by atoms with Crippen molar-refractivity contribution in [2.24, 2.45) is 5.73 Å². The zero-order valence-electron chi connectivity index (χ0n) is 11.1. The van der Waals surface area contributed by atoms with E-state index in [4.69, 9.17) is 19.9 Å². The zero-order valence-corrected chi connectivity index (χ0v) is 11.1. The van der Waals surface area contributed by atoms with Crippen LogP contribution >= 0.6 is 0 Å². The second kappa shape index (κ2) is 5.79. The largest absolute Gasteiger partial charge is 0.483 e. The molecule has 1 unspecified atom stereocenters.